The first-order valence-electron chi connectivity index (χ1n) is 5.78. The summed E-state index contributed by atoms with van der Waals surface area (Å²) < 4.78 is 4.73. The average Bonchev–Trinajstić information content (AvgIpc) is 3.10. The van der Waals surface area contributed by atoms with E-state index in [0.29, 0.717) is 6.42 Å². The third-order valence-electron chi connectivity index (χ3n) is 3.10. The molecule has 0 unspecified atom stereocenters. The van der Waals surface area contributed by atoms with E-state index < -0.39 is 0 Å². The van der Waals surface area contributed by atoms with Crippen molar-refractivity contribution in [2.75, 3.05) is 12.9 Å². The molecule has 1 fully saturated rings. The summed E-state index contributed by atoms with van der Waals surface area (Å²) in [6.45, 7) is 0. The Morgan fingerprint density at radius 1 is 1.59 bits per heavy atom. The van der Waals surface area contributed by atoms with Crippen molar-refractivity contribution in [2.24, 2.45) is 5.41 Å². The molecule has 17 heavy (non-hydrogen) atoms. The van der Waals surface area contributed by atoms with Crippen LogP contribution in [0.25, 0.3) is 0 Å². The maximum absolute atomic E-state index is 11.3. The summed E-state index contributed by atoms with van der Waals surface area (Å²) in [6.07, 6.45) is 6.56. The summed E-state index contributed by atoms with van der Waals surface area (Å²) in [5.74, 6) is 1.93. The number of rotatable bonds is 6. The number of methoxy groups -OCH3 is 1. The summed E-state index contributed by atoms with van der Waals surface area (Å²) in [4.78, 5) is 15.3. The molecule has 1 aliphatic carbocycles. The second-order valence-electron chi connectivity index (χ2n) is 4.61. The van der Waals surface area contributed by atoms with Gasteiger partial charge in [0.2, 0.25) is 0 Å². The van der Waals surface area contributed by atoms with E-state index in [9.17, 15) is 4.79 Å². The van der Waals surface area contributed by atoms with Gasteiger partial charge in [0.25, 0.3) is 0 Å². The van der Waals surface area contributed by atoms with Crippen molar-refractivity contribution in [3.63, 3.8) is 0 Å². The molecule has 0 spiro atoms. The number of hydrogen-bond acceptors (Lipinski definition) is 4. The lowest BCUT2D eigenvalue weighted by Gasteiger charge is -2.12. The van der Waals surface area contributed by atoms with Crippen LogP contribution in [-0.2, 0) is 15.3 Å². The van der Waals surface area contributed by atoms with Crippen molar-refractivity contribution in [1.29, 1.82) is 0 Å². The van der Waals surface area contributed by atoms with Crippen molar-refractivity contribution in [1.82, 2.24) is 4.98 Å². The monoisotopic (exact) mass is 251 g/mol. The Labute approximate surface area is 106 Å². The highest BCUT2D eigenvalue weighted by atomic mass is 32.2. The molecular weight excluding hydrogens is 234 g/mol. The normalized spacial score (nSPS) is 16.5. The standard InChI is InChI=1S/C13H17NO2S/c1-16-12(15)7-13(4-5-13)10-17-9-11-3-2-6-14-8-11/h2-3,6,8H,4-5,7,9-10H2,1H3. The zero-order chi connectivity index (χ0) is 12.1. The highest BCUT2D eigenvalue weighted by molar-refractivity contribution is 7.98. The van der Waals surface area contributed by atoms with Gasteiger partial charge in [0.05, 0.1) is 13.5 Å². The van der Waals surface area contributed by atoms with Crippen LogP contribution in [0.15, 0.2) is 24.5 Å². The molecule has 0 radical (unpaired) electrons. The first-order chi connectivity index (χ1) is 8.24. The molecule has 1 aromatic rings. The number of nitrogens with zero attached hydrogens (tertiary/aromatic N) is 1. The molecule has 0 N–H and O–H groups in total. The van der Waals surface area contributed by atoms with Crippen LogP contribution in [0.3, 0.4) is 0 Å². The van der Waals surface area contributed by atoms with Crippen LogP contribution in [0.2, 0.25) is 0 Å². The molecule has 1 aliphatic rings. The minimum Gasteiger partial charge on any atom is -0.469 e. The van der Waals surface area contributed by atoms with E-state index in [2.05, 4.69) is 11.1 Å². The van der Waals surface area contributed by atoms with Gasteiger partial charge in [0.1, 0.15) is 0 Å². The molecule has 0 bridgehead atoms. The van der Waals surface area contributed by atoms with Gasteiger partial charge in [-0.1, -0.05) is 6.07 Å². The summed E-state index contributed by atoms with van der Waals surface area (Å²) in [7, 11) is 1.46. The molecule has 1 aromatic heterocycles. The third-order valence-corrected chi connectivity index (χ3v) is 4.46. The molecule has 0 saturated heterocycles. The molecule has 1 saturated carbocycles. The van der Waals surface area contributed by atoms with Gasteiger partial charge in [-0.15, -0.1) is 0 Å². The zero-order valence-corrected chi connectivity index (χ0v) is 10.8. The fraction of sp³-hybridized carbons (Fsp3) is 0.538. The second kappa shape index (κ2) is 5.54. The Morgan fingerprint density at radius 2 is 2.41 bits per heavy atom. The van der Waals surface area contributed by atoms with Crippen molar-refractivity contribution >= 4 is 17.7 Å². The molecule has 1 heterocycles. The van der Waals surface area contributed by atoms with Gasteiger partial charge in [0.15, 0.2) is 0 Å². The predicted octanol–water partition coefficient (Wildman–Crippen LogP) is 2.66. The fourth-order valence-corrected chi connectivity index (χ4v) is 3.13. The highest BCUT2D eigenvalue weighted by Gasteiger charge is 2.44. The molecule has 0 aliphatic heterocycles. The van der Waals surface area contributed by atoms with Crippen LogP contribution in [0.4, 0.5) is 0 Å². The average molecular weight is 251 g/mol. The predicted molar refractivity (Wildman–Crippen MR) is 68.7 cm³/mol. The summed E-state index contributed by atoms with van der Waals surface area (Å²) in [6, 6.07) is 4.04. The summed E-state index contributed by atoms with van der Waals surface area (Å²) in [5.41, 5.74) is 1.46. The molecule has 2 rings (SSSR count). The maximum atomic E-state index is 11.3. The Balaban J connectivity index is 1.73. The number of carbonyl (C=O) groups is 1. The van der Waals surface area contributed by atoms with E-state index in [1.54, 1.807) is 6.20 Å². The molecular formula is C13H17NO2S. The number of carbonyl (C=O) groups excluding carboxylic acids is 1. The lowest BCUT2D eigenvalue weighted by molar-refractivity contribution is -0.141. The van der Waals surface area contributed by atoms with Crippen LogP contribution in [-0.4, -0.2) is 23.8 Å². The Hall–Kier alpha value is -1.03. The SMILES string of the molecule is COC(=O)CC1(CSCc2cccnc2)CC1. The fourth-order valence-electron chi connectivity index (χ4n) is 1.80. The third kappa shape index (κ3) is 3.73. The van der Waals surface area contributed by atoms with E-state index in [0.717, 1.165) is 24.3 Å². The van der Waals surface area contributed by atoms with Crippen LogP contribution < -0.4 is 0 Å². The lowest BCUT2D eigenvalue weighted by Crippen LogP contribution is -2.13. The Morgan fingerprint density at radius 3 is 3.00 bits per heavy atom. The summed E-state index contributed by atoms with van der Waals surface area (Å²) in [5, 5.41) is 0. The van der Waals surface area contributed by atoms with Crippen molar-refractivity contribution in [3.8, 4) is 0 Å². The number of hydrogen-bond donors (Lipinski definition) is 0. The minimum absolute atomic E-state index is 0.0792. The van der Waals surface area contributed by atoms with Gasteiger partial charge < -0.3 is 4.74 Å². The van der Waals surface area contributed by atoms with Gasteiger partial charge in [-0.2, -0.15) is 11.8 Å². The topological polar surface area (TPSA) is 39.2 Å². The molecule has 0 atom stereocenters. The molecule has 3 nitrogen and oxygen atoms in total. The molecule has 92 valence electrons. The lowest BCUT2D eigenvalue weighted by atomic mass is 10.1. The van der Waals surface area contributed by atoms with Crippen LogP contribution in [0, 0.1) is 5.41 Å². The number of ether oxygens (including phenoxy) is 1. The molecule has 0 amide bonds. The number of aromatic nitrogens is 1. The molecule has 4 heteroatoms. The maximum Gasteiger partial charge on any atom is 0.306 e. The molecule has 0 aromatic carbocycles. The van der Waals surface area contributed by atoms with Gasteiger partial charge in [-0.05, 0) is 35.6 Å². The quantitative estimate of drug-likeness (QED) is 0.729. The Bertz CT molecular complexity index is 376. The van der Waals surface area contributed by atoms with Crippen LogP contribution in [0.1, 0.15) is 24.8 Å². The van der Waals surface area contributed by atoms with Gasteiger partial charge >= 0.3 is 5.97 Å². The first-order valence-corrected chi connectivity index (χ1v) is 6.93. The largest absolute Gasteiger partial charge is 0.469 e. The van der Waals surface area contributed by atoms with Crippen molar-refractivity contribution in [3.05, 3.63) is 30.1 Å². The van der Waals surface area contributed by atoms with Gasteiger partial charge in [0, 0.05) is 18.1 Å². The van der Waals surface area contributed by atoms with Crippen molar-refractivity contribution in [2.45, 2.75) is 25.0 Å². The zero-order valence-electron chi connectivity index (χ0n) is 10.0. The van der Waals surface area contributed by atoms with E-state index >= 15 is 0 Å². The first kappa shape index (κ1) is 12.4. The Kier molecular flexibility index (Phi) is 4.05. The highest BCUT2D eigenvalue weighted by Crippen LogP contribution is 2.51. The number of pyridine rings is 1. The van der Waals surface area contributed by atoms with Crippen molar-refractivity contribution < 1.29 is 9.53 Å². The van der Waals surface area contributed by atoms with E-state index in [1.165, 1.54) is 12.7 Å². The minimum atomic E-state index is -0.0792. The summed E-state index contributed by atoms with van der Waals surface area (Å²) >= 11 is 1.88. The van der Waals surface area contributed by atoms with E-state index in [1.807, 2.05) is 24.0 Å². The smallest absolute Gasteiger partial charge is 0.306 e. The van der Waals surface area contributed by atoms with E-state index in [4.69, 9.17) is 4.74 Å². The van der Waals surface area contributed by atoms with Gasteiger partial charge in [-0.25, -0.2) is 0 Å². The second-order valence-corrected chi connectivity index (χ2v) is 5.59. The van der Waals surface area contributed by atoms with Gasteiger partial charge in [-0.3, -0.25) is 9.78 Å². The van der Waals surface area contributed by atoms with E-state index in [-0.39, 0.29) is 11.4 Å². The number of esters is 1. The van der Waals surface area contributed by atoms with Crippen LogP contribution in [0.5, 0.6) is 0 Å². The van der Waals surface area contributed by atoms with Crippen LogP contribution >= 0.6 is 11.8 Å². The number of thioether (sulfide) groups is 1.